The molecule has 2 heterocycles. The minimum Gasteiger partial charge on any atom is -0.496 e. The number of fused-ring (bicyclic) bond motifs is 1. The molecular formula is C18H25N5O2. The van der Waals surface area contributed by atoms with E-state index in [1.54, 1.807) is 19.2 Å². The summed E-state index contributed by atoms with van der Waals surface area (Å²) in [7, 11) is 1.56. The highest BCUT2D eigenvalue weighted by molar-refractivity contribution is 6.00. The molecular weight excluding hydrogens is 318 g/mol. The molecule has 1 aliphatic heterocycles. The number of H-pyrrole nitrogens is 1. The van der Waals surface area contributed by atoms with Crippen LogP contribution in [0.4, 0.5) is 0 Å². The number of aromatic amines is 1. The third kappa shape index (κ3) is 3.31. The first-order valence-corrected chi connectivity index (χ1v) is 8.63. The molecule has 1 saturated heterocycles. The van der Waals surface area contributed by atoms with Gasteiger partial charge in [-0.05, 0) is 39.0 Å². The van der Waals surface area contributed by atoms with E-state index >= 15 is 0 Å². The topological polar surface area (TPSA) is 74.4 Å². The molecule has 0 bridgehead atoms. The van der Waals surface area contributed by atoms with Gasteiger partial charge in [0.25, 0.3) is 5.91 Å². The van der Waals surface area contributed by atoms with E-state index in [0.29, 0.717) is 34.9 Å². The molecule has 1 aromatic carbocycles. The molecule has 0 radical (unpaired) electrons. The van der Waals surface area contributed by atoms with Gasteiger partial charge < -0.3 is 14.5 Å². The first kappa shape index (κ1) is 17.3. The van der Waals surface area contributed by atoms with Crippen molar-refractivity contribution < 1.29 is 9.53 Å². The van der Waals surface area contributed by atoms with Crippen LogP contribution in [0.15, 0.2) is 24.9 Å². The zero-order valence-corrected chi connectivity index (χ0v) is 15.0. The molecule has 2 aromatic rings. The van der Waals surface area contributed by atoms with Crippen molar-refractivity contribution in [3.05, 3.63) is 30.5 Å². The Bertz CT molecular complexity index is 770. The zero-order chi connectivity index (χ0) is 18.0. The zero-order valence-electron chi connectivity index (χ0n) is 15.0. The Morgan fingerprint density at radius 2 is 2.20 bits per heavy atom. The number of carbonyl (C=O) groups is 1. The second-order valence-electron chi connectivity index (χ2n) is 6.63. The Morgan fingerprint density at radius 1 is 1.48 bits per heavy atom. The fourth-order valence-corrected chi connectivity index (χ4v) is 3.41. The van der Waals surface area contributed by atoms with Crippen molar-refractivity contribution in [3.63, 3.8) is 0 Å². The van der Waals surface area contributed by atoms with Crippen LogP contribution in [0, 0.1) is 0 Å². The number of hydrogen-bond acceptors (Lipinski definition) is 5. The number of carbonyl (C=O) groups excluding carboxylic acids is 1. The van der Waals surface area contributed by atoms with E-state index in [4.69, 9.17) is 4.74 Å². The Balaban J connectivity index is 1.91. The van der Waals surface area contributed by atoms with Gasteiger partial charge in [0.2, 0.25) is 0 Å². The van der Waals surface area contributed by atoms with Crippen molar-refractivity contribution in [3.8, 4) is 5.75 Å². The fourth-order valence-electron chi connectivity index (χ4n) is 3.41. The molecule has 0 spiro atoms. The van der Waals surface area contributed by atoms with Gasteiger partial charge in [-0.1, -0.05) is 6.58 Å². The number of methoxy groups -OCH3 is 1. The van der Waals surface area contributed by atoms with Crippen molar-refractivity contribution in [2.45, 2.75) is 38.8 Å². The standard InChI is InChI=1S/C18H25N5O2/c1-5-22-8-6-7-13(22)11-23(12(2)3)18(24)14-9-15-16(20-21-19-15)10-17(14)25-4/h5,9-10,12-13H,1,6-8,11H2,2-4H3,(H,19,20,21). The van der Waals surface area contributed by atoms with Crippen molar-refractivity contribution >= 4 is 16.9 Å². The predicted octanol–water partition coefficient (Wildman–Crippen LogP) is 2.43. The predicted molar refractivity (Wildman–Crippen MR) is 96.5 cm³/mol. The molecule has 1 atom stereocenters. The monoisotopic (exact) mass is 343 g/mol. The number of hydrogen-bond donors (Lipinski definition) is 1. The summed E-state index contributed by atoms with van der Waals surface area (Å²) in [6, 6.07) is 3.88. The molecule has 25 heavy (non-hydrogen) atoms. The second-order valence-corrected chi connectivity index (χ2v) is 6.63. The third-order valence-corrected chi connectivity index (χ3v) is 4.82. The molecule has 0 saturated carbocycles. The van der Waals surface area contributed by atoms with Gasteiger partial charge in [0.15, 0.2) is 0 Å². The molecule has 1 aromatic heterocycles. The smallest absolute Gasteiger partial charge is 0.258 e. The average molecular weight is 343 g/mol. The molecule has 0 aliphatic carbocycles. The van der Waals surface area contributed by atoms with E-state index in [0.717, 1.165) is 19.4 Å². The number of ether oxygens (including phenoxy) is 1. The van der Waals surface area contributed by atoms with Crippen LogP contribution in [0.3, 0.4) is 0 Å². The number of benzene rings is 1. The van der Waals surface area contributed by atoms with E-state index in [1.165, 1.54) is 0 Å². The van der Waals surface area contributed by atoms with E-state index < -0.39 is 0 Å². The number of likely N-dealkylation sites (tertiary alicyclic amines) is 1. The fraction of sp³-hybridized carbons (Fsp3) is 0.500. The van der Waals surface area contributed by atoms with Gasteiger partial charge in [0.05, 0.1) is 12.7 Å². The minimum atomic E-state index is -0.0485. The lowest BCUT2D eigenvalue weighted by molar-refractivity contribution is 0.0660. The van der Waals surface area contributed by atoms with E-state index in [1.807, 2.05) is 24.9 Å². The summed E-state index contributed by atoms with van der Waals surface area (Å²) in [5.41, 5.74) is 1.85. The molecule has 1 amide bonds. The molecule has 7 nitrogen and oxygen atoms in total. The largest absolute Gasteiger partial charge is 0.496 e. The third-order valence-electron chi connectivity index (χ3n) is 4.82. The summed E-state index contributed by atoms with van der Waals surface area (Å²) in [4.78, 5) is 17.4. The lowest BCUT2D eigenvalue weighted by Crippen LogP contribution is -2.45. The quantitative estimate of drug-likeness (QED) is 0.872. The van der Waals surface area contributed by atoms with Crippen LogP contribution in [-0.2, 0) is 0 Å². The minimum absolute atomic E-state index is 0.0485. The first-order valence-electron chi connectivity index (χ1n) is 8.63. The molecule has 1 aliphatic rings. The summed E-state index contributed by atoms with van der Waals surface area (Å²) < 4.78 is 5.43. The van der Waals surface area contributed by atoms with Crippen molar-refractivity contribution in [1.82, 2.24) is 25.2 Å². The number of aromatic nitrogens is 3. The van der Waals surface area contributed by atoms with Crippen LogP contribution in [0.2, 0.25) is 0 Å². The van der Waals surface area contributed by atoms with Gasteiger partial charge in [-0.3, -0.25) is 4.79 Å². The first-order chi connectivity index (χ1) is 12.0. The molecule has 7 heteroatoms. The molecule has 3 rings (SSSR count). The Labute approximate surface area is 147 Å². The number of nitrogens with zero attached hydrogens (tertiary/aromatic N) is 4. The summed E-state index contributed by atoms with van der Waals surface area (Å²) in [5, 5.41) is 10.7. The maximum atomic E-state index is 13.3. The van der Waals surface area contributed by atoms with Gasteiger partial charge >= 0.3 is 0 Å². The summed E-state index contributed by atoms with van der Waals surface area (Å²) in [5.74, 6) is 0.469. The lowest BCUT2D eigenvalue weighted by Gasteiger charge is -2.33. The second kappa shape index (κ2) is 7.13. The number of rotatable bonds is 6. The van der Waals surface area contributed by atoms with E-state index in [2.05, 4.69) is 26.9 Å². The van der Waals surface area contributed by atoms with Crippen molar-refractivity contribution in [1.29, 1.82) is 0 Å². The molecule has 1 N–H and O–H groups in total. The number of amides is 1. The summed E-state index contributed by atoms with van der Waals surface area (Å²) in [6.07, 6.45) is 4.08. The Morgan fingerprint density at radius 3 is 2.84 bits per heavy atom. The normalized spacial score (nSPS) is 17.3. The van der Waals surface area contributed by atoms with Gasteiger partial charge in [-0.25, -0.2) is 0 Å². The SMILES string of the molecule is C=CN1CCCC1CN(C(=O)c1cc2n[nH]nc2cc1OC)C(C)C. The van der Waals surface area contributed by atoms with Crippen LogP contribution < -0.4 is 4.74 Å². The lowest BCUT2D eigenvalue weighted by atomic mass is 10.1. The van der Waals surface area contributed by atoms with Gasteiger partial charge in [0.1, 0.15) is 16.8 Å². The maximum Gasteiger partial charge on any atom is 0.258 e. The molecule has 134 valence electrons. The number of nitrogens with one attached hydrogen (secondary N) is 1. The summed E-state index contributed by atoms with van der Waals surface area (Å²) in [6.45, 7) is 9.63. The molecule has 1 fully saturated rings. The van der Waals surface area contributed by atoms with Crippen LogP contribution in [-0.4, -0.2) is 63.4 Å². The average Bonchev–Trinajstić information content (AvgIpc) is 3.25. The van der Waals surface area contributed by atoms with Gasteiger partial charge in [0, 0.05) is 31.2 Å². The molecule has 1 unspecified atom stereocenters. The van der Waals surface area contributed by atoms with Gasteiger partial charge in [-0.15, -0.1) is 0 Å². The Hall–Kier alpha value is -2.57. The Kier molecular flexibility index (Phi) is 4.92. The maximum absolute atomic E-state index is 13.3. The highest BCUT2D eigenvalue weighted by Crippen LogP contribution is 2.27. The summed E-state index contributed by atoms with van der Waals surface area (Å²) >= 11 is 0. The van der Waals surface area contributed by atoms with Crippen LogP contribution >= 0.6 is 0 Å². The highest BCUT2D eigenvalue weighted by atomic mass is 16.5. The van der Waals surface area contributed by atoms with Crippen molar-refractivity contribution in [2.75, 3.05) is 20.2 Å². The van der Waals surface area contributed by atoms with E-state index in [9.17, 15) is 4.79 Å². The highest BCUT2D eigenvalue weighted by Gasteiger charge is 2.29. The van der Waals surface area contributed by atoms with Crippen LogP contribution in [0.1, 0.15) is 37.0 Å². The van der Waals surface area contributed by atoms with Crippen molar-refractivity contribution in [2.24, 2.45) is 0 Å². The van der Waals surface area contributed by atoms with E-state index in [-0.39, 0.29) is 11.9 Å². The van der Waals surface area contributed by atoms with Crippen LogP contribution in [0.5, 0.6) is 5.75 Å². The van der Waals surface area contributed by atoms with Gasteiger partial charge in [-0.2, -0.15) is 15.4 Å². The van der Waals surface area contributed by atoms with Crippen LogP contribution in [0.25, 0.3) is 11.0 Å².